The van der Waals surface area contributed by atoms with Gasteiger partial charge in [0.2, 0.25) is 0 Å². The number of fused-ring (bicyclic) bond motifs is 9. The highest BCUT2D eigenvalue weighted by Crippen LogP contribution is 2.51. The van der Waals surface area contributed by atoms with Crippen molar-refractivity contribution < 1.29 is 0 Å². The highest BCUT2D eigenvalue weighted by atomic mass is 15.0. The summed E-state index contributed by atoms with van der Waals surface area (Å²) in [6.45, 7) is 0. The van der Waals surface area contributed by atoms with Crippen molar-refractivity contribution in [1.29, 1.82) is 0 Å². The molecule has 0 N–H and O–H groups in total. The van der Waals surface area contributed by atoms with Crippen molar-refractivity contribution in [2.75, 3.05) is 0 Å². The fraction of sp³-hybridized carbons (Fsp3) is 0. The minimum absolute atomic E-state index is 1.20. The number of benzene rings is 9. The predicted octanol–water partition coefficient (Wildman–Crippen LogP) is 12.4. The molecule has 0 aliphatic heterocycles. The number of para-hydroxylation sites is 2. The van der Waals surface area contributed by atoms with Gasteiger partial charge in [0.25, 0.3) is 0 Å². The van der Waals surface area contributed by atoms with Gasteiger partial charge in [0.05, 0.1) is 22.1 Å². The first-order valence-electron chi connectivity index (χ1n) is 16.7. The normalized spacial score (nSPS) is 12.6. The molecule has 2 nitrogen and oxygen atoms in total. The average molecular weight is 607 g/mol. The van der Waals surface area contributed by atoms with Crippen molar-refractivity contribution in [3.63, 3.8) is 0 Å². The molecule has 0 saturated carbocycles. The van der Waals surface area contributed by atoms with Crippen LogP contribution in [0.25, 0.3) is 110 Å². The third-order valence-corrected chi connectivity index (χ3v) is 10.9. The van der Waals surface area contributed by atoms with Gasteiger partial charge in [-0.25, -0.2) is 0 Å². The quantitative estimate of drug-likeness (QED) is 0.173. The van der Waals surface area contributed by atoms with Crippen LogP contribution in [0.4, 0.5) is 0 Å². The van der Waals surface area contributed by atoms with E-state index >= 15 is 0 Å². The molecule has 0 spiro atoms. The van der Waals surface area contributed by atoms with Crippen LogP contribution in [0, 0.1) is 0 Å². The lowest BCUT2D eigenvalue weighted by molar-refractivity contribution is 1.19. The van der Waals surface area contributed by atoms with E-state index in [0.29, 0.717) is 0 Å². The van der Waals surface area contributed by atoms with E-state index in [1.807, 2.05) is 0 Å². The molecule has 0 saturated heterocycles. The van der Waals surface area contributed by atoms with Gasteiger partial charge in [0, 0.05) is 32.9 Å². The zero-order valence-electron chi connectivity index (χ0n) is 25.9. The average Bonchev–Trinajstić information content (AvgIpc) is 3.66. The monoisotopic (exact) mass is 606 g/mol. The lowest BCUT2D eigenvalue weighted by Gasteiger charge is -2.26. The third kappa shape index (κ3) is 3.08. The van der Waals surface area contributed by atoms with E-state index in [-0.39, 0.29) is 0 Å². The number of hydrogen-bond donors (Lipinski definition) is 0. The predicted molar refractivity (Wildman–Crippen MR) is 203 cm³/mol. The topological polar surface area (TPSA) is 9.86 Å². The van der Waals surface area contributed by atoms with Gasteiger partial charge in [-0.2, -0.15) is 0 Å². The number of aromatic nitrogens is 2. The molecule has 9 aromatic carbocycles. The Kier molecular flexibility index (Phi) is 4.49. The summed E-state index contributed by atoms with van der Waals surface area (Å²) in [5, 5.41) is 13.0. The van der Waals surface area contributed by atoms with E-state index in [4.69, 9.17) is 0 Å². The summed E-state index contributed by atoms with van der Waals surface area (Å²) >= 11 is 0. The fourth-order valence-corrected chi connectivity index (χ4v) is 8.78. The van der Waals surface area contributed by atoms with Crippen LogP contribution in [0.15, 0.2) is 158 Å². The van der Waals surface area contributed by atoms with Gasteiger partial charge < -0.3 is 9.13 Å². The van der Waals surface area contributed by atoms with E-state index in [1.54, 1.807) is 0 Å². The summed E-state index contributed by atoms with van der Waals surface area (Å²) in [7, 11) is 0. The maximum absolute atomic E-state index is 2.44. The van der Waals surface area contributed by atoms with Gasteiger partial charge in [0.1, 0.15) is 0 Å². The molecule has 2 heterocycles. The van der Waals surface area contributed by atoms with Crippen molar-refractivity contribution in [1.82, 2.24) is 9.13 Å². The minimum atomic E-state index is 1.20. The molecule has 1 aliphatic carbocycles. The number of hydrogen-bond acceptors (Lipinski definition) is 0. The van der Waals surface area contributed by atoms with Crippen molar-refractivity contribution in [3.8, 4) is 33.6 Å². The smallest absolute Gasteiger partial charge is 0.0547 e. The number of nitrogens with zero attached hydrogens (tertiary/aromatic N) is 2. The molecular formula is C46H26N2. The lowest BCUT2D eigenvalue weighted by atomic mass is 9.78. The van der Waals surface area contributed by atoms with E-state index in [9.17, 15) is 0 Å². The Hall–Kier alpha value is -6.38. The standard InChI is InChI=1S/C46H26N2/c1-3-11-41-35(9-1)36-10-2-4-12-42(36)47(41)33-19-17-29-23-37-39(25-31(29)21-33)38-24-30-18-20-34(22-32(30)26-40(37)38)48-43-13-5-7-27-15-16-28-8-6-14-44(48)46(28)45(27)43/h1-26H. The lowest BCUT2D eigenvalue weighted by Crippen LogP contribution is -2.00. The van der Waals surface area contributed by atoms with Crippen LogP contribution in [0.1, 0.15) is 0 Å². The largest absolute Gasteiger partial charge is 0.309 e. The summed E-state index contributed by atoms with van der Waals surface area (Å²) in [5.41, 5.74) is 12.8. The first kappa shape index (κ1) is 24.8. The summed E-state index contributed by atoms with van der Waals surface area (Å²) in [5.74, 6) is 0. The van der Waals surface area contributed by atoms with Crippen LogP contribution in [0.3, 0.4) is 0 Å². The van der Waals surface area contributed by atoms with Gasteiger partial charge in [-0.3, -0.25) is 0 Å². The van der Waals surface area contributed by atoms with Gasteiger partial charge in [-0.1, -0.05) is 84.9 Å². The molecule has 220 valence electrons. The Bertz CT molecular complexity index is 3050. The molecule has 2 aromatic heterocycles. The molecular weight excluding hydrogens is 581 g/mol. The molecule has 48 heavy (non-hydrogen) atoms. The van der Waals surface area contributed by atoms with Gasteiger partial charge in [-0.15, -0.1) is 0 Å². The summed E-state index contributed by atoms with van der Waals surface area (Å²) in [6, 6.07) is 58.7. The summed E-state index contributed by atoms with van der Waals surface area (Å²) < 4.78 is 4.85. The second-order valence-corrected chi connectivity index (χ2v) is 13.4. The van der Waals surface area contributed by atoms with Crippen molar-refractivity contribution >= 4 is 75.9 Å². The SMILES string of the molecule is c1ccc2c(c1)c1ccccc1n2-c1ccc2cc3c(cc2c1)-c1cc2ccc(-n4c5cccc6ccc7cccc4c7c65)cc2cc1-3. The molecule has 11 aromatic rings. The van der Waals surface area contributed by atoms with Gasteiger partial charge in [-0.05, 0) is 127 Å². The Morgan fingerprint density at radius 2 is 0.667 bits per heavy atom. The molecule has 0 bridgehead atoms. The molecule has 12 rings (SSSR count). The summed E-state index contributed by atoms with van der Waals surface area (Å²) in [6.07, 6.45) is 0. The molecule has 0 fully saturated rings. The molecule has 1 aliphatic rings. The second-order valence-electron chi connectivity index (χ2n) is 13.4. The van der Waals surface area contributed by atoms with Crippen molar-refractivity contribution in [3.05, 3.63) is 158 Å². The highest BCUT2D eigenvalue weighted by Gasteiger charge is 2.24. The van der Waals surface area contributed by atoms with Crippen LogP contribution in [-0.4, -0.2) is 9.13 Å². The van der Waals surface area contributed by atoms with E-state index in [2.05, 4.69) is 167 Å². The van der Waals surface area contributed by atoms with Crippen molar-refractivity contribution in [2.45, 2.75) is 0 Å². The Labute approximate surface area is 275 Å². The van der Waals surface area contributed by atoms with Crippen LogP contribution in [0.5, 0.6) is 0 Å². The fourth-order valence-electron chi connectivity index (χ4n) is 8.78. The van der Waals surface area contributed by atoms with Gasteiger partial charge in [0.15, 0.2) is 0 Å². The molecule has 2 heteroatoms. The van der Waals surface area contributed by atoms with Crippen LogP contribution < -0.4 is 0 Å². The van der Waals surface area contributed by atoms with E-state index in [0.717, 1.165) is 0 Å². The molecule has 0 unspecified atom stereocenters. The zero-order valence-corrected chi connectivity index (χ0v) is 25.9. The maximum atomic E-state index is 2.44. The Morgan fingerprint density at radius 1 is 0.271 bits per heavy atom. The number of rotatable bonds is 2. The maximum Gasteiger partial charge on any atom is 0.0547 e. The van der Waals surface area contributed by atoms with Crippen molar-refractivity contribution in [2.24, 2.45) is 0 Å². The Morgan fingerprint density at radius 3 is 1.17 bits per heavy atom. The minimum Gasteiger partial charge on any atom is -0.309 e. The zero-order chi connectivity index (χ0) is 31.1. The first-order valence-corrected chi connectivity index (χ1v) is 16.7. The second kappa shape index (κ2) is 8.70. The van der Waals surface area contributed by atoms with E-state index in [1.165, 1.54) is 110 Å². The third-order valence-electron chi connectivity index (χ3n) is 10.9. The summed E-state index contributed by atoms with van der Waals surface area (Å²) in [4.78, 5) is 0. The molecule has 0 amide bonds. The first-order chi connectivity index (χ1) is 23.8. The molecule has 0 radical (unpaired) electrons. The van der Waals surface area contributed by atoms with Crippen LogP contribution >= 0.6 is 0 Å². The van der Waals surface area contributed by atoms with Gasteiger partial charge >= 0.3 is 0 Å². The van der Waals surface area contributed by atoms with Crippen LogP contribution in [-0.2, 0) is 0 Å². The molecule has 0 atom stereocenters. The van der Waals surface area contributed by atoms with Crippen LogP contribution in [0.2, 0.25) is 0 Å². The highest BCUT2D eigenvalue weighted by molar-refractivity contribution is 6.24. The van der Waals surface area contributed by atoms with E-state index < -0.39 is 0 Å². The Balaban J connectivity index is 1.00.